The molecule has 0 aliphatic carbocycles. The molecule has 0 aromatic heterocycles. The third kappa shape index (κ3) is 4.30. The minimum Gasteiger partial charge on any atom is -0.463 e. The molecule has 2 aromatic carbocycles. The molecule has 124 valence electrons. The van der Waals surface area contributed by atoms with Crippen LogP contribution in [0, 0.1) is 0 Å². The molecule has 1 saturated heterocycles. The van der Waals surface area contributed by atoms with Gasteiger partial charge in [0.05, 0.1) is 12.2 Å². The predicted molar refractivity (Wildman–Crippen MR) is 92.2 cm³/mol. The van der Waals surface area contributed by atoms with Crippen molar-refractivity contribution in [3.05, 3.63) is 64.7 Å². The van der Waals surface area contributed by atoms with E-state index in [2.05, 4.69) is 0 Å². The van der Waals surface area contributed by atoms with E-state index in [9.17, 15) is 9.59 Å². The minimum atomic E-state index is -0.780. The van der Waals surface area contributed by atoms with Crippen molar-refractivity contribution in [2.45, 2.75) is 23.2 Å². The second-order valence-electron chi connectivity index (χ2n) is 5.29. The first-order chi connectivity index (χ1) is 11.6. The van der Waals surface area contributed by atoms with E-state index in [4.69, 9.17) is 21.1 Å². The van der Waals surface area contributed by atoms with E-state index < -0.39 is 18.0 Å². The molecule has 24 heavy (non-hydrogen) atoms. The van der Waals surface area contributed by atoms with E-state index in [-0.39, 0.29) is 0 Å². The quantitative estimate of drug-likeness (QED) is 0.592. The van der Waals surface area contributed by atoms with E-state index in [0.29, 0.717) is 23.6 Å². The SMILES string of the molecule is O=C(O[C@H]1CCOC1=O)c1ccc(CSc2ccc(Cl)cc2)cc1. The van der Waals surface area contributed by atoms with Crippen molar-refractivity contribution in [2.24, 2.45) is 0 Å². The second kappa shape index (κ2) is 7.73. The Hall–Kier alpha value is -1.98. The van der Waals surface area contributed by atoms with Crippen LogP contribution in [0.15, 0.2) is 53.4 Å². The Morgan fingerprint density at radius 1 is 1.17 bits per heavy atom. The van der Waals surface area contributed by atoms with E-state index in [1.807, 2.05) is 36.4 Å². The number of cyclic esters (lactones) is 1. The number of halogens is 1. The third-order valence-corrected chi connectivity index (χ3v) is 4.88. The highest BCUT2D eigenvalue weighted by Gasteiger charge is 2.30. The van der Waals surface area contributed by atoms with Crippen molar-refractivity contribution in [1.29, 1.82) is 0 Å². The molecule has 0 unspecified atom stereocenters. The lowest BCUT2D eigenvalue weighted by molar-refractivity contribution is -0.145. The number of carbonyl (C=O) groups excluding carboxylic acids is 2. The van der Waals surface area contributed by atoms with Crippen molar-refractivity contribution >= 4 is 35.3 Å². The molecule has 1 atom stereocenters. The van der Waals surface area contributed by atoms with Crippen LogP contribution in [0.1, 0.15) is 22.3 Å². The van der Waals surface area contributed by atoms with Crippen molar-refractivity contribution in [3.63, 3.8) is 0 Å². The maximum absolute atomic E-state index is 12.0. The van der Waals surface area contributed by atoms with Gasteiger partial charge in [-0.25, -0.2) is 9.59 Å². The Morgan fingerprint density at radius 2 is 1.88 bits per heavy atom. The zero-order valence-corrected chi connectivity index (χ0v) is 14.3. The second-order valence-corrected chi connectivity index (χ2v) is 6.77. The number of hydrogen-bond acceptors (Lipinski definition) is 5. The Bertz CT molecular complexity index is 728. The molecular formula is C18H15ClO4S. The minimum absolute atomic E-state index is 0.303. The average molecular weight is 363 g/mol. The first-order valence-corrected chi connectivity index (χ1v) is 8.83. The van der Waals surface area contributed by atoms with Crippen LogP contribution in [0.3, 0.4) is 0 Å². The fourth-order valence-corrected chi connectivity index (χ4v) is 3.20. The summed E-state index contributed by atoms with van der Waals surface area (Å²) in [5.41, 5.74) is 1.52. The predicted octanol–water partition coefficient (Wildman–Crippen LogP) is 4.10. The highest BCUT2D eigenvalue weighted by Crippen LogP contribution is 2.24. The van der Waals surface area contributed by atoms with Gasteiger partial charge in [0.15, 0.2) is 0 Å². The highest BCUT2D eigenvalue weighted by molar-refractivity contribution is 7.98. The van der Waals surface area contributed by atoms with Gasteiger partial charge in [-0.05, 0) is 42.0 Å². The Kier molecular flexibility index (Phi) is 5.43. The molecule has 4 nitrogen and oxygen atoms in total. The molecule has 0 bridgehead atoms. The van der Waals surface area contributed by atoms with Crippen molar-refractivity contribution < 1.29 is 19.1 Å². The number of hydrogen-bond donors (Lipinski definition) is 0. The van der Waals surface area contributed by atoms with Crippen LogP contribution in [-0.4, -0.2) is 24.6 Å². The first kappa shape index (κ1) is 16.9. The van der Waals surface area contributed by atoms with Crippen LogP contribution in [0.2, 0.25) is 5.02 Å². The zero-order chi connectivity index (χ0) is 16.9. The van der Waals surface area contributed by atoms with Gasteiger partial charge in [0, 0.05) is 22.1 Å². The number of benzene rings is 2. The van der Waals surface area contributed by atoms with E-state index in [1.165, 1.54) is 0 Å². The summed E-state index contributed by atoms with van der Waals surface area (Å²) in [6, 6.07) is 14.8. The maximum atomic E-state index is 12.0. The zero-order valence-electron chi connectivity index (χ0n) is 12.7. The summed E-state index contributed by atoms with van der Waals surface area (Å²) >= 11 is 7.55. The summed E-state index contributed by atoms with van der Waals surface area (Å²) in [5.74, 6) is -0.193. The smallest absolute Gasteiger partial charge is 0.347 e. The molecular weight excluding hydrogens is 348 g/mol. The van der Waals surface area contributed by atoms with Gasteiger partial charge in [0.1, 0.15) is 0 Å². The van der Waals surface area contributed by atoms with Crippen LogP contribution in [0.5, 0.6) is 0 Å². The number of esters is 2. The van der Waals surface area contributed by atoms with Crippen molar-refractivity contribution in [3.8, 4) is 0 Å². The summed E-state index contributed by atoms with van der Waals surface area (Å²) in [4.78, 5) is 24.5. The number of rotatable bonds is 5. The average Bonchev–Trinajstić information content (AvgIpc) is 3.00. The monoisotopic (exact) mass is 362 g/mol. The van der Waals surface area contributed by atoms with Crippen LogP contribution in [0.4, 0.5) is 0 Å². The van der Waals surface area contributed by atoms with E-state index >= 15 is 0 Å². The molecule has 1 aliphatic rings. The molecule has 1 aliphatic heterocycles. The first-order valence-electron chi connectivity index (χ1n) is 7.47. The van der Waals surface area contributed by atoms with Gasteiger partial charge in [0.25, 0.3) is 0 Å². The lowest BCUT2D eigenvalue weighted by Crippen LogP contribution is -2.22. The van der Waals surface area contributed by atoms with E-state index in [0.717, 1.165) is 16.2 Å². The highest BCUT2D eigenvalue weighted by atomic mass is 35.5. The van der Waals surface area contributed by atoms with Gasteiger partial charge in [-0.3, -0.25) is 0 Å². The molecule has 1 fully saturated rings. The van der Waals surface area contributed by atoms with Gasteiger partial charge >= 0.3 is 11.9 Å². The molecule has 0 saturated carbocycles. The molecule has 6 heteroatoms. The van der Waals surface area contributed by atoms with Gasteiger partial charge < -0.3 is 9.47 Å². The van der Waals surface area contributed by atoms with Gasteiger partial charge in [-0.15, -0.1) is 11.8 Å². The molecule has 0 amide bonds. The molecule has 3 rings (SSSR count). The fraction of sp³-hybridized carbons (Fsp3) is 0.222. The Balaban J connectivity index is 1.55. The maximum Gasteiger partial charge on any atom is 0.347 e. The summed E-state index contributed by atoms with van der Waals surface area (Å²) in [5, 5.41) is 0.716. The molecule has 0 radical (unpaired) electrons. The third-order valence-electron chi connectivity index (χ3n) is 3.55. The Labute approximate surface area is 149 Å². The summed E-state index contributed by atoms with van der Waals surface area (Å²) < 4.78 is 9.93. The van der Waals surface area contributed by atoms with Gasteiger partial charge in [-0.1, -0.05) is 23.7 Å². The molecule has 0 spiro atoms. The van der Waals surface area contributed by atoms with Crippen LogP contribution in [-0.2, 0) is 20.0 Å². The number of thioether (sulfide) groups is 1. The number of carbonyl (C=O) groups is 2. The topological polar surface area (TPSA) is 52.6 Å². The van der Waals surface area contributed by atoms with Crippen molar-refractivity contribution in [1.82, 2.24) is 0 Å². The summed E-state index contributed by atoms with van der Waals surface area (Å²) in [6.45, 7) is 0.303. The van der Waals surface area contributed by atoms with Crippen LogP contribution in [0.25, 0.3) is 0 Å². The number of ether oxygens (including phenoxy) is 2. The Morgan fingerprint density at radius 3 is 2.50 bits per heavy atom. The van der Waals surface area contributed by atoms with Crippen LogP contribution >= 0.6 is 23.4 Å². The normalized spacial score (nSPS) is 16.7. The van der Waals surface area contributed by atoms with E-state index in [1.54, 1.807) is 23.9 Å². The fourth-order valence-electron chi connectivity index (χ4n) is 2.22. The van der Waals surface area contributed by atoms with Crippen LogP contribution < -0.4 is 0 Å². The summed E-state index contributed by atoms with van der Waals surface area (Å²) in [6.07, 6.45) is -0.363. The van der Waals surface area contributed by atoms with Crippen molar-refractivity contribution in [2.75, 3.05) is 6.61 Å². The standard InChI is InChI=1S/C18H15ClO4S/c19-14-5-7-15(8-6-14)24-11-12-1-3-13(4-2-12)17(20)23-16-9-10-22-18(16)21/h1-8,16H,9-11H2/t16-/m0/s1. The van der Waals surface area contributed by atoms with Gasteiger partial charge in [-0.2, -0.15) is 0 Å². The molecule has 1 heterocycles. The van der Waals surface area contributed by atoms with Gasteiger partial charge in [0.2, 0.25) is 6.10 Å². The summed E-state index contributed by atoms with van der Waals surface area (Å²) in [7, 11) is 0. The lowest BCUT2D eigenvalue weighted by Gasteiger charge is -2.09. The largest absolute Gasteiger partial charge is 0.463 e. The molecule has 0 N–H and O–H groups in total. The molecule has 2 aromatic rings. The lowest BCUT2D eigenvalue weighted by atomic mass is 10.1.